The van der Waals surface area contributed by atoms with Crippen LogP contribution in [0, 0.1) is 0 Å². The molecule has 384 valence electrons. The van der Waals surface area contributed by atoms with E-state index in [2.05, 4.69) is 5.32 Å². The number of quaternary nitrogens is 2. The summed E-state index contributed by atoms with van der Waals surface area (Å²) in [4.78, 5) is 210. The summed E-state index contributed by atoms with van der Waals surface area (Å²) >= 11 is 0. The van der Waals surface area contributed by atoms with Crippen LogP contribution >= 0.6 is 0 Å². The molecule has 18 fully saturated rings. The summed E-state index contributed by atoms with van der Waals surface area (Å²) in [5, 5.41) is 13.8. The smallest absolute Gasteiger partial charge is 0.376 e. The highest BCUT2D eigenvalue weighted by Crippen LogP contribution is 2.54. The number of carbonyl (C=O) groups is 12. The quantitative estimate of drug-likeness (QED) is 0.231. The summed E-state index contributed by atoms with van der Waals surface area (Å²) < 4.78 is -1.69. The Kier molecular flexibility index (Phi) is 5.91. The van der Waals surface area contributed by atoms with Crippen LogP contribution in [0.2, 0.25) is 0 Å². The monoisotopic (exact) mass is 1030 g/mol. The van der Waals surface area contributed by atoms with E-state index in [0.29, 0.717) is 0 Å². The maximum Gasteiger partial charge on any atom is 0.524 e. The van der Waals surface area contributed by atoms with E-state index in [1.807, 2.05) is 0 Å². The average Bonchev–Trinajstić information content (AvgIpc) is 4.30. The van der Waals surface area contributed by atoms with Crippen molar-refractivity contribution < 1.29 is 71.6 Å². The van der Waals surface area contributed by atoms with Crippen LogP contribution in [0.15, 0.2) is 0 Å². The number of nitrogens with zero attached hydrogens (tertiary/aromatic N) is 23. The largest absolute Gasteiger partial charge is 0.524 e. The van der Waals surface area contributed by atoms with Crippen LogP contribution in [0.25, 0.3) is 0 Å². The van der Waals surface area contributed by atoms with Gasteiger partial charge in [0.05, 0.1) is 0 Å². The van der Waals surface area contributed by atoms with Crippen molar-refractivity contribution >= 4 is 72.4 Å². The number of hydrogen-bond donors (Lipinski definition) is 2. The third-order valence-electron chi connectivity index (χ3n) is 19.8. The summed E-state index contributed by atoms with van der Waals surface area (Å²) in [6.07, 6.45) is -14.1. The predicted octanol–water partition coefficient (Wildman–Crippen LogP) is -6.40. The number of urea groups is 12. The SMILES string of the molecule is O=C1N2CN3C(=O)N4CN5C(=O)N6C[N+]78CN9C(=O)N(CN%10C(=O)N(CN%11C(=O)N%12CN%13C(=O)N%14CN%15C(=O)N%16C[N+](CN%17C(=O)N(CN%18C(=O)N(CN1C%12C2%11)C%13C%18%14)C%15C%17%16)(C7=O)C1C8NC(=O)N1CO)C3C4%10)C5C69. The molecule has 37 heteroatoms. The Morgan fingerprint density at radius 2 is 0.527 bits per heavy atom. The zero-order valence-corrected chi connectivity index (χ0v) is 38.3. The van der Waals surface area contributed by atoms with Gasteiger partial charge in [-0.3, -0.25) is 103 Å². The van der Waals surface area contributed by atoms with E-state index >= 15 is 52.7 Å². The third-order valence-corrected chi connectivity index (χ3v) is 19.8. The molecule has 2 spiro atoms. The number of carbonyl (C=O) groups excluding carboxylic acids is 12. The van der Waals surface area contributed by atoms with Gasteiger partial charge in [-0.25, -0.2) is 57.6 Å². The summed E-state index contributed by atoms with van der Waals surface area (Å²) in [6, 6.07) is -8.32. The van der Waals surface area contributed by atoms with Crippen molar-refractivity contribution in [2.45, 2.75) is 74.0 Å². The van der Waals surface area contributed by atoms with Gasteiger partial charge in [-0.05, 0) is 0 Å². The first-order valence-electron chi connectivity index (χ1n) is 24.3. The van der Waals surface area contributed by atoms with Gasteiger partial charge in [-0.1, -0.05) is 0 Å². The molecule has 74 heavy (non-hydrogen) atoms. The Labute approximate surface area is 412 Å². The van der Waals surface area contributed by atoms with E-state index in [1.165, 1.54) is 98.0 Å². The van der Waals surface area contributed by atoms with Gasteiger partial charge in [0.25, 0.3) is 12.3 Å². The van der Waals surface area contributed by atoms with Gasteiger partial charge in [-0.15, -0.1) is 8.97 Å². The van der Waals surface area contributed by atoms with Crippen LogP contribution in [0.3, 0.4) is 0 Å². The first kappa shape index (κ1) is 39.1. The van der Waals surface area contributed by atoms with Crippen LogP contribution in [0.1, 0.15) is 0 Å². The van der Waals surface area contributed by atoms with E-state index in [0.717, 1.165) is 4.90 Å². The second-order valence-electron chi connectivity index (χ2n) is 22.3. The summed E-state index contributed by atoms with van der Waals surface area (Å²) in [6.45, 7) is -6.55. The van der Waals surface area contributed by atoms with Gasteiger partial charge >= 0.3 is 72.4 Å². The highest BCUT2D eigenvalue weighted by Gasteiger charge is 2.85. The van der Waals surface area contributed by atoms with Crippen molar-refractivity contribution in [3.8, 4) is 0 Å². The molecule has 0 aromatic carbocycles. The zero-order chi connectivity index (χ0) is 49.9. The maximum atomic E-state index is 16.2. The molecule has 0 aromatic rings. The van der Waals surface area contributed by atoms with E-state index in [-0.39, 0.29) is 0 Å². The van der Waals surface area contributed by atoms with E-state index in [1.54, 1.807) is 0 Å². The Hall–Kier alpha value is -8.48. The Morgan fingerprint density at radius 3 is 0.757 bits per heavy atom. The average molecular weight is 1030 g/mol. The fraction of sp³-hybridized carbons (Fsp3) is 0.676. The van der Waals surface area contributed by atoms with E-state index < -0.39 is 242 Å². The summed E-state index contributed by atoms with van der Waals surface area (Å²) in [5.41, 5.74) is 0. The van der Waals surface area contributed by atoms with Crippen molar-refractivity contribution in [1.29, 1.82) is 0 Å². The van der Waals surface area contributed by atoms with Gasteiger partial charge in [0.2, 0.25) is 0 Å². The Morgan fingerprint density at radius 1 is 0.324 bits per heavy atom. The first-order chi connectivity index (χ1) is 35.6. The molecule has 37 nitrogen and oxygen atoms in total. The first-order valence-corrected chi connectivity index (χ1v) is 24.3. The number of nitrogens with one attached hydrogen (secondary N) is 1. The fourth-order valence-corrected chi connectivity index (χ4v) is 17.0. The molecule has 0 saturated carbocycles. The zero-order valence-electron chi connectivity index (χ0n) is 38.3. The normalized spacial score (nSPS) is 43.4. The van der Waals surface area contributed by atoms with Crippen LogP contribution in [0.5, 0.6) is 0 Å². The number of hydrogen-bond acceptors (Lipinski definition) is 13. The van der Waals surface area contributed by atoms with Crippen molar-refractivity contribution in [2.24, 2.45) is 0 Å². The standard InChI is InChI=1S/C37H39N24O13/c62-13-59-25-14(38-26(59)63)60-9-55-23-21-51(33(55)70)5-47-19-17-43(29(47)66)1-39-15-16-41(27(39)64)3-45-18-20-49(31(45)68)7-53-22-24-57(35(53)72)11-61(25,37(60)74)12-58(24)36(73)54(22)8-50(20)32(69)46(18)4-42(16)28(65)40(15)2-44(17)30(67)48(19)6-52(21)34(71)56(23)10-60/h14-25,62H,1-13H2/q+1/p+1. The van der Waals surface area contributed by atoms with Gasteiger partial charge in [-0.2, -0.15) is 4.79 Å². The number of aliphatic hydroxyl groups is 1. The van der Waals surface area contributed by atoms with Gasteiger partial charge < -0.3 is 5.11 Å². The van der Waals surface area contributed by atoms with E-state index in [9.17, 15) is 9.90 Å². The molecule has 18 aliphatic heterocycles. The molecular formula is C37H40N24O13+2. The van der Waals surface area contributed by atoms with Crippen molar-refractivity contribution in [3.05, 3.63) is 0 Å². The highest BCUT2D eigenvalue weighted by atomic mass is 16.3. The number of aliphatic hydroxyl groups excluding tert-OH is 1. The van der Waals surface area contributed by atoms with E-state index in [4.69, 9.17) is 0 Å². The molecule has 2 N–H and O–H groups in total. The third kappa shape index (κ3) is 3.52. The molecular weight excluding hydrogens is 989 g/mol. The molecule has 0 aliphatic carbocycles. The van der Waals surface area contributed by atoms with Crippen molar-refractivity contribution in [1.82, 2.24) is 108 Å². The minimum absolute atomic E-state index is 0.455. The van der Waals surface area contributed by atoms with Crippen LogP contribution in [-0.4, -0.2) is 350 Å². The maximum absolute atomic E-state index is 16.2. The minimum Gasteiger partial charge on any atom is -0.376 e. The molecule has 0 radical (unpaired) electrons. The fourth-order valence-electron chi connectivity index (χ4n) is 17.0. The van der Waals surface area contributed by atoms with Gasteiger partial charge in [0.15, 0.2) is 88.3 Å². The number of fused-ring (bicyclic) bond motifs is 3. The lowest BCUT2D eigenvalue weighted by Crippen LogP contribution is -2.77. The lowest BCUT2D eigenvalue weighted by atomic mass is 10.2. The van der Waals surface area contributed by atoms with Gasteiger partial charge in [0.1, 0.15) is 60.1 Å². The van der Waals surface area contributed by atoms with Crippen LogP contribution < -0.4 is 5.32 Å². The van der Waals surface area contributed by atoms with Crippen LogP contribution in [0.4, 0.5) is 57.5 Å². The molecule has 2 atom stereocenters. The molecule has 0 aromatic heterocycles. The van der Waals surface area contributed by atoms with Gasteiger partial charge in [0, 0.05) is 0 Å². The number of amides is 24. The van der Waals surface area contributed by atoms with Crippen molar-refractivity contribution in [2.75, 3.05) is 86.8 Å². The minimum atomic E-state index is -1.35. The molecule has 2 unspecified atom stereocenters. The Bertz CT molecular complexity index is 2900. The highest BCUT2D eigenvalue weighted by molar-refractivity contribution is 5.94. The van der Waals surface area contributed by atoms with Crippen LogP contribution in [-0.2, 0) is 0 Å². The second kappa shape index (κ2) is 11.2. The lowest BCUT2D eigenvalue weighted by molar-refractivity contribution is -0.953. The summed E-state index contributed by atoms with van der Waals surface area (Å²) in [5.74, 6) is 0. The lowest BCUT2D eigenvalue weighted by Gasteiger charge is -2.47. The molecule has 18 heterocycles. The molecule has 24 amide bonds. The Balaban J connectivity index is 0.836. The molecule has 18 saturated heterocycles. The van der Waals surface area contributed by atoms with Crippen molar-refractivity contribution in [3.63, 3.8) is 0 Å². The number of rotatable bonds is 1. The summed E-state index contributed by atoms with van der Waals surface area (Å²) in [7, 11) is 0. The molecule has 0 bridgehead atoms. The molecule has 18 aliphatic rings. The molecule has 18 rings (SSSR count). The topological polar surface area (TPSA) is 305 Å². The second-order valence-corrected chi connectivity index (χ2v) is 22.3. The predicted molar refractivity (Wildman–Crippen MR) is 218 cm³/mol.